The van der Waals surface area contributed by atoms with E-state index in [1.807, 2.05) is 64.1 Å². The first kappa shape index (κ1) is 40.5. The molecule has 0 bridgehead atoms. The summed E-state index contributed by atoms with van der Waals surface area (Å²) in [5.74, 6) is 0.230. The summed E-state index contributed by atoms with van der Waals surface area (Å²) >= 11 is 0. The van der Waals surface area contributed by atoms with Gasteiger partial charge in [0, 0.05) is 30.0 Å². The molecular formula is C41H51N9O7. The van der Waals surface area contributed by atoms with Gasteiger partial charge in [0.1, 0.15) is 29.4 Å². The number of imidazole rings is 2. The fraction of sp³-hybridized carbons (Fsp3) is 0.439. The number of carbonyl (C=O) groups is 5. The number of ether oxygens (including phenoxy) is 2. The van der Waals surface area contributed by atoms with Gasteiger partial charge in [-0.3, -0.25) is 14.4 Å². The molecule has 6 rings (SSSR count). The highest BCUT2D eigenvalue weighted by Crippen LogP contribution is 2.34. The minimum absolute atomic E-state index is 0.130. The minimum Gasteiger partial charge on any atom is -0.453 e. The van der Waals surface area contributed by atoms with Gasteiger partial charge in [-0.25, -0.2) is 19.6 Å². The summed E-state index contributed by atoms with van der Waals surface area (Å²) in [7, 11) is 2.53. The van der Waals surface area contributed by atoms with E-state index in [0.29, 0.717) is 48.1 Å². The Bertz CT molecular complexity index is 2080. The maximum absolute atomic E-state index is 13.9. The van der Waals surface area contributed by atoms with Crippen LogP contribution in [-0.2, 0) is 19.1 Å². The molecule has 57 heavy (non-hydrogen) atoms. The molecule has 0 radical (unpaired) electrons. The van der Waals surface area contributed by atoms with E-state index in [2.05, 4.69) is 35.9 Å². The molecule has 2 aliphatic rings. The van der Waals surface area contributed by atoms with E-state index in [0.717, 1.165) is 36.2 Å². The van der Waals surface area contributed by atoms with Crippen molar-refractivity contribution in [2.45, 2.75) is 77.5 Å². The van der Waals surface area contributed by atoms with E-state index < -0.39 is 24.3 Å². The first-order valence-electron chi connectivity index (χ1n) is 19.3. The normalized spacial score (nSPS) is 17.7. The van der Waals surface area contributed by atoms with Crippen LogP contribution in [0.15, 0.2) is 60.9 Å². The zero-order valence-electron chi connectivity index (χ0n) is 33.1. The predicted molar refractivity (Wildman–Crippen MR) is 211 cm³/mol. The van der Waals surface area contributed by atoms with Crippen molar-refractivity contribution < 1.29 is 33.4 Å². The number of likely N-dealkylation sites (tertiary alicyclic amines) is 2. The highest BCUT2D eigenvalue weighted by molar-refractivity contribution is 6.11. The zero-order valence-corrected chi connectivity index (χ0v) is 33.1. The number of alkyl carbamates (subject to hydrolysis) is 2. The second-order valence-electron chi connectivity index (χ2n) is 15.0. The van der Waals surface area contributed by atoms with Crippen molar-refractivity contribution in [2.75, 3.05) is 32.6 Å². The van der Waals surface area contributed by atoms with Crippen molar-refractivity contribution in [3.63, 3.8) is 0 Å². The van der Waals surface area contributed by atoms with Crippen LogP contribution in [0.4, 0.5) is 21.0 Å². The van der Waals surface area contributed by atoms with Crippen molar-refractivity contribution in [1.82, 2.24) is 40.4 Å². The van der Waals surface area contributed by atoms with E-state index >= 15 is 0 Å². The number of aromatic amines is 2. The largest absolute Gasteiger partial charge is 0.453 e. The van der Waals surface area contributed by atoms with Gasteiger partial charge < -0.3 is 45.2 Å². The van der Waals surface area contributed by atoms with Gasteiger partial charge in [-0.15, -0.1) is 0 Å². The number of hydrogen-bond donors (Lipinski definition) is 5. The number of para-hydroxylation sites is 1. The first-order chi connectivity index (χ1) is 27.4. The lowest BCUT2D eigenvalue weighted by Gasteiger charge is -2.30. The molecule has 302 valence electrons. The summed E-state index contributed by atoms with van der Waals surface area (Å²) in [5, 5.41) is 8.70. The Morgan fingerprint density at radius 3 is 1.79 bits per heavy atom. The number of benzene rings is 2. The topological polar surface area (TPSA) is 204 Å². The molecule has 16 nitrogen and oxygen atoms in total. The summed E-state index contributed by atoms with van der Waals surface area (Å²) in [5.41, 5.74) is 3.77. The molecule has 2 aliphatic heterocycles. The second kappa shape index (κ2) is 17.7. The average Bonchev–Trinajstić information content (AvgIpc) is 4.05. The van der Waals surface area contributed by atoms with Crippen LogP contribution in [0.3, 0.4) is 0 Å². The number of nitrogens with one attached hydrogen (secondary N) is 5. The van der Waals surface area contributed by atoms with E-state index in [1.165, 1.54) is 20.4 Å². The quantitative estimate of drug-likeness (QED) is 0.102. The SMILES string of the molecule is COC(=O)NC(C(=O)N1CCCC1c1ncc(C(=O)c2ccccc2Nc2ccc(-c3cnc(C4CCCN4C(=O)C(NC(=O)OC)C(C)C)[nH]3)cc2)[nH]1)C(C)C. The molecule has 2 saturated heterocycles. The van der Waals surface area contributed by atoms with Crippen molar-refractivity contribution in [3.8, 4) is 11.3 Å². The highest BCUT2D eigenvalue weighted by Gasteiger charge is 2.39. The van der Waals surface area contributed by atoms with Crippen LogP contribution in [0.1, 0.15) is 93.2 Å². The molecule has 0 saturated carbocycles. The van der Waals surface area contributed by atoms with Gasteiger partial charge in [0.2, 0.25) is 17.6 Å². The Labute approximate surface area is 331 Å². The Hall–Kier alpha value is -6.19. The number of carbonyl (C=O) groups excluding carboxylic acids is 5. The van der Waals surface area contributed by atoms with E-state index in [-0.39, 0.29) is 41.5 Å². The number of aromatic nitrogens is 4. The number of ketones is 1. The molecule has 4 atom stereocenters. The molecular weight excluding hydrogens is 731 g/mol. The van der Waals surface area contributed by atoms with Gasteiger partial charge in [-0.2, -0.15) is 0 Å². The Morgan fingerprint density at radius 2 is 1.25 bits per heavy atom. The van der Waals surface area contributed by atoms with Gasteiger partial charge in [0.05, 0.1) is 44.4 Å². The van der Waals surface area contributed by atoms with Crippen LogP contribution in [0, 0.1) is 11.8 Å². The maximum atomic E-state index is 13.9. The van der Waals surface area contributed by atoms with Crippen molar-refractivity contribution >= 4 is 41.2 Å². The van der Waals surface area contributed by atoms with Crippen LogP contribution in [-0.4, -0.2) is 98.9 Å². The van der Waals surface area contributed by atoms with Crippen molar-refractivity contribution in [1.29, 1.82) is 0 Å². The smallest absolute Gasteiger partial charge is 0.407 e. The molecule has 0 aliphatic carbocycles. The maximum Gasteiger partial charge on any atom is 0.407 e. The second-order valence-corrected chi connectivity index (χ2v) is 15.0. The third kappa shape index (κ3) is 8.95. The standard InChI is InChI=1S/C41H51N9O7/c1-23(2)33(47-40(54)56-5)38(52)49-19-9-13-31(49)36-42-21-29(45-36)25-15-17-26(18-16-25)44-28-12-8-7-11-27(28)35(51)30-22-43-37(46-30)32-14-10-20-50(32)39(53)34(24(3)4)48-41(55)57-6/h7-8,11-12,15-18,21-24,31-34,44H,9-10,13-14,19-20H2,1-6H3,(H,42,45)(H,43,46)(H,47,54)(H,48,55). The van der Waals surface area contributed by atoms with Gasteiger partial charge >= 0.3 is 12.2 Å². The molecule has 2 aromatic heterocycles. The summed E-state index contributed by atoms with van der Waals surface area (Å²) in [6.45, 7) is 8.55. The Balaban J connectivity index is 1.13. The number of anilines is 2. The molecule has 2 aromatic carbocycles. The zero-order chi connectivity index (χ0) is 40.8. The van der Waals surface area contributed by atoms with Crippen LogP contribution < -0.4 is 16.0 Å². The third-order valence-electron chi connectivity index (χ3n) is 10.6. The fourth-order valence-electron chi connectivity index (χ4n) is 7.48. The number of methoxy groups -OCH3 is 2. The van der Waals surface area contributed by atoms with Gasteiger partial charge in [0.15, 0.2) is 0 Å². The van der Waals surface area contributed by atoms with Crippen LogP contribution in [0.2, 0.25) is 0 Å². The van der Waals surface area contributed by atoms with Crippen molar-refractivity contribution in [2.24, 2.45) is 11.8 Å². The Kier molecular flexibility index (Phi) is 12.6. The van der Waals surface area contributed by atoms with E-state index in [4.69, 9.17) is 9.47 Å². The molecule has 4 amide bonds. The molecule has 4 aromatic rings. The minimum atomic E-state index is -0.764. The van der Waals surface area contributed by atoms with E-state index in [9.17, 15) is 24.0 Å². The first-order valence-corrected chi connectivity index (χ1v) is 19.3. The number of hydrogen-bond acceptors (Lipinski definition) is 10. The number of amides is 4. The number of rotatable bonds is 13. The summed E-state index contributed by atoms with van der Waals surface area (Å²) in [4.78, 5) is 84.2. The lowest BCUT2D eigenvalue weighted by atomic mass is 10.0. The number of H-pyrrole nitrogens is 2. The van der Waals surface area contributed by atoms with Crippen LogP contribution in [0.5, 0.6) is 0 Å². The fourth-order valence-corrected chi connectivity index (χ4v) is 7.48. The van der Waals surface area contributed by atoms with Crippen LogP contribution >= 0.6 is 0 Å². The van der Waals surface area contributed by atoms with E-state index in [1.54, 1.807) is 28.1 Å². The lowest BCUT2D eigenvalue weighted by molar-refractivity contribution is -0.136. The van der Waals surface area contributed by atoms with Gasteiger partial charge in [-0.1, -0.05) is 52.0 Å². The third-order valence-corrected chi connectivity index (χ3v) is 10.6. The Morgan fingerprint density at radius 1 is 0.719 bits per heavy atom. The van der Waals surface area contributed by atoms with Gasteiger partial charge in [0.25, 0.3) is 0 Å². The average molecular weight is 782 g/mol. The molecule has 4 heterocycles. The number of nitrogens with zero attached hydrogens (tertiary/aromatic N) is 4. The highest BCUT2D eigenvalue weighted by atomic mass is 16.5. The van der Waals surface area contributed by atoms with Crippen molar-refractivity contribution in [3.05, 3.63) is 83.8 Å². The summed E-state index contributed by atoms with van der Waals surface area (Å²) in [6.07, 6.45) is 4.92. The predicted octanol–water partition coefficient (Wildman–Crippen LogP) is 5.86. The van der Waals surface area contributed by atoms with Crippen LogP contribution in [0.25, 0.3) is 11.3 Å². The molecule has 5 N–H and O–H groups in total. The molecule has 4 unspecified atom stereocenters. The van der Waals surface area contributed by atoms with Gasteiger partial charge in [-0.05, 0) is 67.3 Å². The molecule has 0 spiro atoms. The summed E-state index contributed by atoms with van der Waals surface area (Å²) < 4.78 is 9.48. The molecule has 16 heteroatoms. The molecule has 2 fully saturated rings. The monoisotopic (exact) mass is 781 g/mol. The summed E-state index contributed by atoms with van der Waals surface area (Å²) in [6, 6.07) is 12.8. The lowest BCUT2D eigenvalue weighted by Crippen LogP contribution is -2.51.